The van der Waals surface area contributed by atoms with Crippen LogP contribution in [-0.4, -0.2) is 43.8 Å². The number of aryl methyl sites for hydroxylation is 3. The van der Waals surface area contributed by atoms with Crippen LogP contribution in [0.2, 0.25) is 0 Å². The summed E-state index contributed by atoms with van der Waals surface area (Å²) >= 11 is 0. The van der Waals surface area contributed by atoms with Crippen LogP contribution >= 0.6 is 13.5 Å². The summed E-state index contributed by atoms with van der Waals surface area (Å²) < 4.78 is 7.76. The summed E-state index contributed by atoms with van der Waals surface area (Å²) in [4.78, 5) is 22.3. The van der Waals surface area contributed by atoms with E-state index in [4.69, 9.17) is 4.42 Å². The number of fused-ring (bicyclic) bond motifs is 1. The quantitative estimate of drug-likeness (QED) is 0.406. The van der Waals surface area contributed by atoms with Crippen molar-refractivity contribution in [3.8, 4) is 0 Å². The third kappa shape index (κ3) is 5.41. The standard InChI is InChI=1S/C26H30N6O2.H2S/c1-18-13-20(10-11-27-18)14-32(22-7-6-12-31(17-22)26-29-28-19(2)34-26)16-21-15-30(3)24-9-5-4-8-23(24)25(21)33;/h4-5,8-11,13,15,22H,6-7,12,14,16-17H2,1-3H3;1H2/t22-;/m0./s1. The lowest BCUT2D eigenvalue weighted by Crippen LogP contribution is -2.48. The number of aromatic nitrogens is 4. The molecule has 0 aliphatic carbocycles. The molecule has 1 fully saturated rings. The van der Waals surface area contributed by atoms with Crippen LogP contribution in [0.1, 0.15) is 35.6 Å². The van der Waals surface area contributed by atoms with Crippen molar-refractivity contribution in [2.75, 3.05) is 18.0 Å². The maximum absolute atomic E-state index is 13.4. The number of rotatable bonds is 6. The number of hydrogen-bond donors (Lipinski definition) is 0. The van der Waals surface area contributed by atoms with Gasteiger partial charge >= 0.3 is 6.01 Å². The molecule has 4 heterocycles. The van der Waals surface area contributed by atoms with E-state index in [1.54, 1.807) is 0 Å². The van der Waals surface area contributed by atoms with Crippen LogP contribution < -0.4 is 10.3 Å². The minimum absolute atomic E-state index is 0. The van der Waals surface area contributed by atoms with Crippen LogP contribution in [0.5, 0.6) is 0 Å². The molecule has 35 heavy (non-hydrogen) atoms. The molecule has 0 unspecified atom stereocenters. The van der Waals surface area contributed by atoms with Gasteiger partial charge in [0.1, 0.15) is 0 Å². The fourth-order valence-electron chi connectivity index (χ4n) is 4.93. The number of nitrogens with zero attached hydrogens (tertiary/aromatic N) is 6. The first-order chi connectivity index (χ1) is 16.5. The van der Waals surface area contributed by atoms with Crippen molar-refractivity contribution < 1.29 is 4.42 Å². The topological polar surface area (TPSA) is 80.3 Å². The first-order valence-corrected chi connectivity index (χ1v) is 11.8. The van der Waals surface area contributed by atoms with Gasteiger partial charge in [-0.25, -0.2) is 0 Å². The Kier molecular flexibility index (Phi) is 7.57. The van der Waals surface area contributed by atoms with E-state index in [9.17, 15) is 4.79 Å². The van der Waals surface area contributed by atoms with Gasteiger partial charge in [0.05, 0.1) is 5.52 Å². The van der Waals surface area contributed by atoms with Gasteiger partial charge in [-0.05, 0) is 49.6 Å². The fourth-order valence-corrected chi connectivity index (χ4v) is 4.93. The van der Waals surface area contributed by atoms with Gasteiger partial charge in [0.25, 0.3) is 0 Å². The zero-order valence-electron chi connectivity index (χ0n) is 20.4. The first kappa shape index (κ1) is 24.9. The summed E-state index contributed by atoms with van der Waals surface area (Å²) in [6.07, 6.45) is 5.90. The molecular formula is C26H32N6O2S. The van der Waals surface area contributed by atoms with Crippen molar-refractivity contribution in [1.82, 2.24) is 24.6 Å². The molecule has 5 rings (SSSR count). The molecular weight excluding hydrogens is 460 g/mol. The largest absolute Gasteiger partial charge is 0.408 e. The zero-order valence-corrected chi connectivity index (χ0v) is 21.4. The Hall–Kier alpha value is -3.17. The Morgan fingerprint density at radius 2 is 1.97 bits per heavy atom. The highest BCUT2D eigenvalue weighted by molar-refractivity contribution is 7.59. The molecule has 0 spiro atoms. The SMILES string of the molecule is Cc1cc(CN(Cc2cn(C)c3ccccc3c2=O)[C@H]2CCCN(c3nnc(C)o3)C2)ccn1.S. The predicted molar refractivity (Wildman–Crippen MR) is 142 cm³/mol. The van der Waals surface area contributed by atoms with E-state index >= 15 is 0 Å². The second-order valence-electron chi connectivity index (χ2n) is 9.17. The van der Waals surface area contributed by atoms with E-state index in [0.29, 0.717) is 18.5 Å². The van der Waals surface area contributed by atoms with Gasteiger partial charge in [-0.15, -0.1) is 5.10 Å². The fraction of sp³-hybridized carbons (Fsp3) is 0.385. The van der Waals surface area contributed by atoms with E-state index < -0.39 is 0 Å². The van der Waals surface area contributed by atoms with Crippen LogP contribution in [0.3, 0.4) is 0 Å². The highest BCUT2D eigenvalue weighted by atomic mass is 32.1. The molecule has 3 aromatic heterocycles. The second kappa shape index (κ2) is 10.6. The summed E-state index contributed by atoms with van der Waals surface area (Å²) in [6.45, 7) is 6.79. The summed E-state index contributed by atoms with van der Waals surface area (Å²) in [6, 6.07) is 12.8. The number of piperidine rings is 1. The van der Waals surface area contributed by atoms with Gasteiger partial charge in [0.15, 0.2) is 5.43 Å². The van der Waals surface area contributed by atoms with Crippen LogP contribution in [0.4, 0.5) is 6.01 Å². The van der Waals surface area contributed by atoms with Crippen molar-refractivity contribution in [2.24, 2.45) is 7.05 Å². The Bertz CT molecular complexity index is 1370. The Balaban J connectivity index is 0.00000289. The predicted octanol–water partition coefficient (Wildman–Crippen LogP) is 3.72. The molecule has 1 aliphatic rings. The molecule has 1 aromatic carbocycles. The van der Waals surface area contributed by atoms with E-state index in [1.807, 2.05) is 57.6 Å². The van der Waals surface area contributed by atoms with Crippen molar-refractivity contribution in [3.05, 3.63) is 81.7 Å². The van der Waals surface area contributed by atoms with Crippen molar-refractivity contribution in [3.63, 3.8) is 0 Å². The monoisotopic (exact) mass is 492 g/mol. The lowest BCUT2D eigenvalue weighted by Gasteiger charge is -2.38. The van der Waals surface area contributed by atoms with E-state index in [2.05, 4.69) is 41.7 Å². The zero-order chi connectivity index (χ0) is 23.7. The Labute approximate surface area is 212 Å². The van der Waals surface area contributed by atoms with Gasteiger partial charge < -0.3 is 13.9 Å². The van der Waals surface area contributed by atoms with Gasteiger partial charge in [0, 0.05) is 75.2 Å². The minimum atomic E-state index is 0. The average molecular weight is 493 g/mol. The number of benzene rings is 1. The minimum Gasteiger partial charge on any atom is -0.408 e. The van der Waals surface area contributed by atoms with Crippen LogP contribution in [0.15, 0.2) is 58.0 Å². The number of anilines is 1. The summed E-state index contributed by atoms with van der Waals surface area (Å²) in [5.41, 5.74) is 4.03. The smallest absolute Gasteiger partial charge is 0.318 e. The second-order valence-corrected chi connectivity index (χ2v) is 9.17. The molecule has 9 heteroatoms. The Morgan fingerprint density at radius 3 is 2.74 bits per heavy atom. The summed E-state index contributed by atoms with van der Waals surface area (Å²) in [7, 11) is 2.00. The molecule has 0 N–H and O–H groups in total. The van der Waals surface area contributed by atoms with Crippen molar-refractivity contribution in [2.45, 2.75) is 45.8 Å². The van der Waals surface area contributed by atoms with E-state index in [1.165, 1.54) is 5.56 Å². The highest BCUT2D eigenvalue weighted by Gasteiger charge is 2.29. The van der Waals surface area contributed by atoms with Crippen molar-refractivity contribution in [1.29, 1.82) is 0 Å². The molecule has 0 amide bonds. The normalized spacial score (nSPS) is 16.0. The molecule has 1 aliphatic heterocycles. The average Bonchev–Trinajstić information content (AvgIpc) is 3.28. The third-order valence-corrected chi connectivity index (χ3v) is 6.59. The highest BCUT2D eigenvalue weighted by Crippen LogP contribution is 2.24. The Morgan fingerprint density at radius 1 is 1.14 bits per heavy atom. The molecule has 1 atom stereocenters. The molecule has 1 saturated heterocycles. The molecule has 184 valence electrons. The number of pyridine rings is 2. The van der Waals surface area contributed by atoms with Crippen molar-refractivity contribution >= 4 is 30.4 Å². The molecule has 8 nitrogen and oxygen atoms in total. The maximum atomic E-state index is 13.4. The van der Waals surface area contributed by atoms with Crippen LogP contribution in [0, 0.1) is 13.8 Å². The summed E-state index contributed by atoms with van der Waals surface area (Å²) in [5.74, 6) is 0.570. The molecule has 0 radical (unpaired) electrons. The molecule has 0 saturated carbocycles. The number of para-hydroxylation sites is 1. The maximum Gasteiger partial charge on any atom is 0.318 e. The third-order valence-electron chi connectivity index (χ3n) is 6.59. The van der Waals surface area contributed by atoms with Gasteiger partial charge in [-0.3, -0.25) is 14.7 Å². The van der Waals surface area contributed by atoms with Crippen LogP contribution in [0.25, 0.3) is 10.9 Å². The van der Waals surface area contributed by atoms with Gasteiger partial charge in [-0.1, -0.05) is 17.2 Å². The first-order valence-electron chi connectivity index (χ1n) is 11.8. The number of hydrogen-bond acceptors (Lipinski definition) is 7. The van der Waals surface area contributed by atoms with E-state index in [-0.39, 0.29) is 25.0 Å². The van der Waals surface area contributed by atoms with Gasteiger partial charge in [-0.2, -0.15) is 13.5 Å². The molecule has 4 aromatic rings. The van der Waals surface area contributed by atoms with Gasteiger partial charge in [0.2, 0.25) is 5.89 Å². The summed E-state index contributed by atoms with van der Waals surface area (Å²) in [5, 5.41) is 8.99. The lowest BCUT2D eigenvalue weighted by atomic mass is 10.0. The van der Waals surface area contributed by atoms with E-state index in [0.717, 1.165) is 54.6 Å². The molecule has 0 bridgehead atoms. The van der Waals surface area contributed by atoms with Crippen LogP contribution in [-0.2, 0) is 20.1 Å². The lowest BCUT2D eigenvalue weighted by molar-refractivity contribution is 0.156.